The third kappa shape index (κ3) is 4.98. The zero-order valence-corrected chi connectivity index (χ0v) is 26.2. The van der Waals surface area contributed by atoms with Crippen molar-refractivity contribution in [3.8, 4) is 57.5 Å². The van der Waals surface area contributed by atoms with Crippen LogP contribution in [0.5, 0.6) is 57.5 Å². The first-order valence-corrected chi connectivity index (χ1v) is 15.8. The van der Waals surface area contributed by atoms with Gasteiger partial charge in [-0.2, -0.15) is 0 Å². The molecule has 4 aliphatic rings. The van der Waals surface area contributed by atoms with E-state index in [1.165, 1.54) is 36.4 Å². The molecule has 11 N–H and O–H groups in total. The Morgan fingerprint density at radius 3 is 2.04 bits per heavy atom. The normalized spacial score (nSPS) is 30.5. The molecule has 0 aromatic heterocycles. The van der Waals surface area contributed by atoms with Gasteiger partial charge in [0.25, 0.3) is 0 Å². The molecule has 268 valence electrons. The van der Waals surface area contributed by atoms with Gasteiger partial charge in [-0.05, 0) is 35.9 Å². The van der Waals surface area contributed by atoms with Gasteiger partial charge >= 0.3 is 5.79 Å². The van der Waals surface area contributed by atoms with Gasteiger partial charge in [0.2, 0.25) is 0 Å². The molecule has 1 saturated heterocycles. The van der Waals surface area contributed by atoms with Crippen LogP contribution >= 0.6 is 0 Å². The van der Waals surface area contributed by atoms with Gasteiger partial charge in [0, 0.05) is 46.9 Å². The maximum atomic E-state index is 11.4. The SMILES string of the molecule is Oc1cc(O)c2c(c1)O[C@]1(c3ccc(O)c(O)c3)Oc3cc(O)c4c(c3[C@H]2[C@H]1O[C@H]1OC[C@H](O)[C@H](O)[C@H]1O)O[C@@H](c1ccc(O)c(O)c1)[C@H](O)C4. The summed E-state index contributed by atoms with van der Waals surface area (Å²) in [6.45, 7) is -0.452. The third-order valence-corrected chi connectivity index (χ3v) is 9.74. The summed E-state index contributed by atoms with van der Waals surface area (Å²) in [4.78, 5) is 0. The first kappa shape index (κ1) is 32.8. The molecule has 1 fully saturated rings. The van der Waals surface area contributed by atoms with Crippen molar-refractivity contribution in [3.05, 3.63) is 82.4 Å². The van der Waals surface area contributed by atoms with Crippen molar-refractivity contribution < 1.29 is 79.9 Å². The highest BCUT2D eigenvalue weighted by molar-refractivity contribution is 5.68. The number of fused-ring (bicyclic) bond motifs is 8. The number of phenolic OH excluding ortho intramolecular Hbond substituents is 7. The molecule has 9 atom stereocenters. The molecule has 16 heteroatoms. The largest absolute Gasteiger partial charge is 0.508 e. The lowest BCUT2D eigenvalue weighted by Gasteiger charge is -2.53. The highest BCUT2D eigenvalue weighted by atomic mass is 16.8. The molecule has 0 aliphatic carbocycles. The van der Waals surface area contributed by atoms with Gasteiger partial charge in [-0.25, -0.2) is 0 Å². The van der Waals surface area contributed by atoms with Crippen molar-refractivity contribution in [3.63, 3.8) is 0 Å². The summed E-state index contributed by atoms with van der Waals surface area (Å²) < 4.78 is 31.4. The lowest BCUT2D eigenvalue weighted by molar-refractivity contribution is -0.327. The van der Waals surface area contributed by atoms with Crippen LogP contribution in [-0.4, -0.2) is 99.6 Å². The van der Waals surface area contributed by atoms with Gasteiger partial charge < -0.3 is 79.9 Å². The summed E-state index contributed by atoms with van der Waals surface area (Å²) in [5.41, 5.74) is 0.515. The van der Waals surface area contributed by atoms with Crippen LogP contribution in [0.15, 0.2) is 54.6 Å². The Labute approximate surface area is 287 Å². The van der Waals surface area contributed by atoms with Crippen molar-refractivity contribution in [2.75, 3.05) is 6.61 Å². The Morgan fingerprint density at radius 2 is 1.33 bits per heavy atom. The van der Waals surface area contributed by atoms with E-state index in [9.17, 15) is 56.2 Å². The summed E-state index contributed by atoms with van der Waals surface area (Å²) in [5.74, 6) is -7.00. The van der Waals surface area contributed by atoms with Crippen molar-refractivity contribution >= 4 is 0 Å². The van der Waals surface area contributed by atoms with Crippen LogP contribution in [0.1, 0.15) is 39.8 Å². The Kier molecular flexibility index (Phi) is 7.46. The minimum Gasteiger partial charge on any atom is -0.508 e. The van der Waals surface area contributed by atoms with E-state index in [-0.39, 0.29) is 57.2 Å². The molecule has 8 rings (SSSR count). The van der Waals surface area contributed by atoms with E-state index in [1.807, 2.05) is 0 Å². The number of hydrogen-bond acceptors (Lipinski definition) is 16. The molecule has 51 heavy (non-hydrogen) atoms. The lowest BCUT2D eigenvalue weighted by Crippen LogP contribution is -2.62. The maximum absolute atomic E-state index is 11.4. The number of aliphatic hydroxyl groups excluding tert-OH is 4. The number of benzene rings is 4. The Balaban J connectivity index is 1.38. The van der Waals surface area contributed by atoms with E-state index in [0.29, 0.717) is 0 Å². The molecule has 0 saturated carbocycles. The molecular weight excluding hydrogens is 676 g/mol. The molecule has 4 aromatic rings. The van der Waals surface area contributed by atoms with Gasteiger partial charge in [-0.1, -0.05) is 6.07 Å². The van der Waals surface area contributed by atoms with Crippen molar-refractivity contribution in [2.45, 2.75) is 61.0 Å². The number of ether oxygens (including phenoxy) is 5. The Bertz CT molecular complexity index is 2050. The second kappa shape index (κ2) is 11.6. The van der Waals surface area contributed by atoms with Gasteiger partial charge in [-0.15, -0.1) is 0 Å². The summed E-state index contributed by atoms with van der Waals surface area (Å²) in [5, 5.41) is 117. The van der Waals surface area contributed by atoms with Crippen LogP contribution in [0, 0.1) is 0 Å². The molecule has 4 heterocycles. The maximum Gasteiger partial charge on any atom is 0.305 e. The average molecular weight is 709 g/mol. The molecule has 16 nitrogen and oxygen atoms in total. The number of phenols is 7. The highest BCUT2D eigenvalue weighted by Crippen LogP contribution is 2.63. The monoisotopic (exact) mass is 708 g/mol. The quantitative estimate of drug-likeness (QED) is 0.133. The average Bonchev–Trinajstić information content (AvgIpc) is 3.07. The van der Waals surface area contributed by atoms with Crippen LogP contribution < -0.4 is 14.2 Å². The molecule has 0 unspecified atom stereocenters. The Hall–Kier alpha value is -5.36. The summed E-state index contributed by atoms with van der Waals surface area (Å²) in [7, 11) is 0. The van der Waals surface area contributed by atoms with Crippen molar-refractivity contribution in [1.29, 1.82) is 0 Å². The number of rotatable bonds is 4. The van der Waals surface area contributed by atoms with Gasteiger partial charge in [0.05, 0.1) is 18.6 Å². The molecule has 0 radical (unpaired) electrons. The Morgan fingerprint density at radius 1 is 0.647 bits per heavy atom. The fourth-order valence-electron chi connectivity index (χ4n) is 7.28. The minimum atomic E-state index is -2.23. The molecule has 0 spiro atoms. The first-order chi connectivity index (χ1) is 24.3. The van der Waals surface area contributed by atoms with Crippen LogP contribution in [0.2, 0.25) is 0 Å². The van der Waals surface area contributed by atoms with Crippen molar-refractivity contribution in [1.82, 2.24) is 0 Å². The van der Waals surface area contributed by atoms with Gasteiger partial charge in [-0.3, -0.25) is 0 Å². The zero-order chi connectivity index (χ0) is 36.1. The number of aliphatic hydroxyl groups is 4. The van der Waals surface area contributed by atoms with Crippen LogP contribution in [0.4, 0.5) is 0 Å². The molecular formula is C35H32O16. The number of hydrogen-bond donors (Lipinski definition) is 11. The second-order valence-electron chi connectivity index (χ2n) is 12.9. The van der Waals surface area contributed by atoms with Crippen LogP contribution in [0.25, 0.3) is 0 Å². The topological polar surface area (TPSA) is 269 Å². The van der Waals surface area contributed by atoms with E-state index in [2.05, 4.69) is 0 Å². The van der Waals surface area contributed by atoms with E-state index in [0.717, 1.165) is 18.2 Å². The summed E-state index contributed by atoms with van der Waals surface area (Å²) in [6.07, 6.45) is -10.8. The van der Waals surface area contributed by atoms with E-state index in [4.69, 9.17) is 23.7 Å². The van der Waals surface area contributed by atoms with Crippen molar-refractivity contribution in [2.24, 2.45) is 0 Å². The van der Waals surface area contributed by atoms with Gasteiger partial charge in [0.15, 0.2) is 35.4 Å². The van der Waals surface area contributed by atoms with E-state index in [1.54, 1.807) is 0 Å². The minimum absolute atomic E-state index is 0.00353. The predicted molar refractivity (Wildman–Crippen MR) is 168 cm³/mol. The first-order valence-electron chi connectivity index (χ1n) is 15.8. The second-order valence-corrected chi connectivity index (χ2v) is 12.9. The third-order valence-electron chi connectivity index (χ3n) is 9.74. The molecule has 4 aliphatic heterocycles. The molecule has 0 amide bonds. The molecule has 4 aromatic carbocycles. The van der Waals surface area contributed by atoms with Gasteiger partial charge in [0.1, 0.15) is 58.9 Å². The standard InChI is InChI=1S/C35H32O16/c36-14-7-21(42)26-24(8-14)50-35(13-2-4-17(38)20(41)6-13)33(49-34-30(46)29(45)23(44)11-47-34)28(26)27-25(51-35)10-18(39)15-9-22(43)31(48-32(15)27)12-1-3-16(37)19(40)5-12/h1-8,10,22-23,28-31,33-34,36-46H,9,11H2/t22-,23+,28+,29+,30-,31+,33-,34-,35-/m1/s1. The van der Waals surface area contributed by atoms with Crippen LogP contribution in [-0.2, 0) is 21.7 Å². The fraction of sp³-hybridized carbons (Fsp3) is 0.314. The highest BCUT2D eigenvalue weighted by Gasteiger charge is 2.62. The molecule has 2 bridgehead atoms. The van der Waals surface area contributed by atoms with E-state index < -0.39 is 95.7 Å². The zero-order valence-electron chi connectivity index (χ0n) is 26.2. The predicted octanol–water partition coefficient (Wildman–Crippen LogP) is 1.26. The smallest absolute Gasteiger partial charge is 0.305 e. The number of aromatic hydroxyl groups is 7. The summed E-state index contributed by atoms with van der Waals surface area (Å²) >= 11 is 0. The lowest BCUT2D eigenvalue weighted by atomic mass is 9.74. The summed E-state index contributed by atoms with van der Waals surface area (Å²) in [6, 6.07) is 10.9. The van der Waals surface area contributed by atoms with E-state index >= 15 is 0 Å². The fourth-order valence-corrected chi connectivity index (χ4v) is 7.28. The van der Waals surface area contributed by atoms with Crippen LogP contribution in [0.3, 0.4) is 0 Å².